The van der Waals surface area contributed by atoms with Gasteiger partial charge in [-0.15, -0.1) is 0 Å². The standard InChI is InChI=1S/C15H32N4O2S/c1-7-13(2)18(6)9-8-17-14(16-5)19-10-11-22(20,21)15(3,4)12-19/h13H,7-12H2,1-6H3,(H,16,17). The molecule has 0 amide bonds. The third-order valence-corrected chi connectivity index (χ3v) is 7.18. The Labute approximate surface area is 135 Å². The highest BCUT2D eigenvalue weighted by Gasteiger charge is 2.40. The van der Waals surface area contributed by atoms with Crippen molar-refractivity contribution in [2.24, 2.45) is 4.99 Å². The average molecular weight is 333 g/mol. The molecule has 1 heterocycles. The van der Waals surface area contributed by atoms with E-state index in [0.29, 0.717) is 19.1 Å². The molecule has 1 atom stereocenters. The molecule has 0 saturated carbocycles. The van der Waals surface area contributed by atoms with Crippen LogP contribution in [0.5, 0.6) is 0 Å². The molecular weight excluding hydrogens is 300 g/mol. The third-order valence-electron chi connectivity index (χ3n) is 4.65. The van der Waals surface area contributed by atoms with Gasteiger partial charge in [-0.05, 0) is 34.2 Å². The van der Waals surface area contributed by atoms with Crippen molar-refractivity contribution < 1.29 is 8.42 Å². The zero-order chi connectivity index (χ0) is 17.0. The van der Waals surface area contributed by atoms with Gasteiger partial charge in [-0.1, -0.05) is 6.92 Å². The molecule has 1 rings (SSSR count). The number of likely N-dealkylation sites (N-methyl/N-ethyl adjacent to an activating group) is 1. The fourth-order valence-corrected chi connectivity index (χ4v) is 3.90. The van der Waals surface area contributed by atoms with E-state index in [0.717, 1.165) is 25.5 Å². The van der Waals surface area contributed by atoms with E-state index in [1.807, 2.05) is 4.90 Å². The van der Waals surface area contributed by atoms with Crippen LogP contribution < -0.4 is 5.32 Å². The minimum Gasteiger partial charge on any atom is -0.355 e. The van der Waals surface area contributed by atoms with Gasteiger partial charge >= 0.3 is 0 Å². The summed E-state index contributed by atoms with van der Waals surface area (Å²) in [6, 6.07) is 0.558. The molecule has 1 saturated heterocycles. The lowest BCUT2D eigenvalue weighted by atomic mass is 10.2. The first-order valence-corrected chi connectivity index (χ1v) is 9.68. The van der Waals surface area contributed by atoms with Crippen molar-refractivity contribution in [3.05, 3.63) is 0 Å². The topological polar surface area (TPSA) is 65.0 Å². The maximum absolute atomic E-state index is 12.1. The molecule has 6 nitrogen and oxygen atoms in total. The first-order chi connectivity index (χ1) is 10.1. The monoisotopic (exact) mass is 332 g/mol. The molecule has 22 heavy (non-hydrogen) atoms. The Morgan fingerprint density at radius 1 is 1.45 bits per heavy atom. The summed E-state index contributed by atoms with van der Waals surface area (Å²) >= 11 is 0. The van der Waals surface area contributed by atoms with Gasteiger partial charge < -0.3 is 15.1 Å². The van der Waals surface area contributed by atoms with E-state index in [9.17, 15) is 8.42 Å². The Hall–Kier alpha value is -0.820. The maximum atomic E-state index is 12.1. The van der Waals surface area contributed by atoms with E-state index < -0.39 is 14.6 Å². The van der Waals surface area contributed by atoms with E-state index >= 15 is 0 Å². The minimum absolute atomic E-state index is 0.188. The summed E-state index contributed by atoms with van der Waals surface area (Å²) in [5.41, 5.74) is 0. The average Bonchev–Trinajstić information content (AvgIpc) is 2.45. The first kappa shape index (κ1) is 19.2. The smallest absolute Gasteiger partial charge is 0.193 e. The van der Waals surface area contributed by atoms with E-state index in [1.165, 1.54) is 0 Å². The second-order valence-electron chi connectivity index (χ2n) is 6.71. The lowest BCUT2D eigenvalue weighted by molar-refractivity contribution is 0.254. The van der Waals surface area contributed by atoms with Crippen LogP contribution in [-0.2, 0) is 9.84 Å². The third kappa shape index (κ3) is 4.59. The molecule has 130 valence electrons. The summed E-state index contributed by atoms with van der Waals surface area (Å²) < 4.78 is 23.4. The predicted molar refractivity (Wildman–Crippen MR) is 93.2 cm³/mol. The molecule has 0 aromatic heterocycles. The molecule has 0 aliphatic carbocycles. The van der Waals surface area contributed by atoms with Crippen molar-refractivity contribution in [3.63, 3.8) is 0 Å². The Morgan fingerprint density at radius 2 is 2.09 bits per heavy atom. The second-order valence-corrected chi connectivity index (χ2v) is 9.45. The zero-order valence-corrected chi connectivity index (χ0v) is 15.7. The Balaban J connectivity index is 2.56. The van der Waals surface area contributed by atoms with E-state index in [-0.39, 0.29) is 5.75 Å². The zero-order valence-electron chi connectivity index (χ0n) is 14.9. The van der Waals surface area contributed by atoms with E-state index in [1.54, 1.807) is 20.9 Å². The van der Waals surface area contributed by atoms with Crippen LogP contribution in [0.25, 0.3) is 0 Å². The second kappa shape index (κ2) is 7.64. The van der Waals surface area contributed by atoms with Gasteiger partial charge in [0.15, 0.2) is 15.8 Å². The SMILES string of the molecule is CCC(C)N(C)CCNC(=NC)N1CCS(=O)(=O)C(C)(C)C1. The highest BCUT2D eigenvalue weighted by Crippen LogP contribution is 2.23. The van der Waals surface area contributed by atoms with Crippen LogP contribution in [0.15, 0.2) is 4.99 Å². The highest BCUT2D eigenvalue weighted by molar-refractivity contribution is 7.92. The number of aliphatic imine (C=N–C) groups is 1. The van der Waals surface area contributed by atoms with E-state index in [2.05, 4.69) is 36.1 Å². The normalized spacial score (nSPS) is 22.7. The molecule has 0 aromatic carbocycles. The number of sulfone groups is 1. The molecular formula is C15H32N4O2S. The fraction of sp³-hybridized carbons (Fsp3) is 0.933. The van der Waals surface area contributed by atoms with Crippen LogP contribution in [0.4, 0.5) is 0 Å². The van der Waals surface area contributed by atoms with Crippen LogP contribution in [0.3, 0.4) is 0 Å². The number of rotatable bonds is 5. The molecule has 1 aliphatic heterocycles. The maximum Gasteiger partial charge on any atom is 0.193 e. The Morgan fingerprint density at radius 3 is 2.59 bits per heavy atom. The molecule has 0 bridgehead atoms. The van der Waals surface area contributed by atoms with Crippen LogP contribution >= 0.6 is 0 Å². The van der Waals surface area contributed by atoms with Gasteiger partial charge in [-0.25, -0.2) is 8.42 Å². The summed E-state index contributed by atoms with van der Waals surface area (Å²) in [5, 5.41) is 3.35. The van der Waals surface area contributed by atoms with Crippen molar-refractivity contribution >= 4 is 15.8 Å². The Kier molecular flexibility index (Phi) is 6.67. The summed E-state index contributed by atoms with van der Waals surface area (Å²) in [5.74, 6) is 0.980. The van der Waals surface area contributed by atoms with Crippen molar-refractivity contribution in [2.75, 3.05) is 46.0 Å². The van der Waals surface area contributed by atoms with Gasteiger partial charge in [0, 0.05) is 39.3 Å². The molecule has 1 unspecified atom stereocenters. The molecule has 0 spiro atoms. The van der Waals surface area contributed by atoms with Crippen molar-refractivity contribution in [2.45, 2.75) is 44.9 Å². The van der Waals surface area contributed by atoms with E-state index in [4.69, 9.17) is 0 Å². The van der Waals surface area contributed by atoms with Crippen LogP contribution in [-0.4, -0.2) is 81.0 Å². The van der Waals surface area contributed by atoms with Crippen LogP contribution in [0, 0.1) is 0 Å². The fourth-order valence-electron chi connectivity index (χ4n) is 2.53. The van der Waals surface area contributed by atoms with Crippen LogP contribution in [0.1, 0.15) is 34.1 Å². The molecule has 1 N–H and O–H groups in total. The lowest BCUT2D eigenvalue weighted by Crippen LogP contribution is -2.57. The summed E-state index contributed by atoms with van der Waals surface area (Å²) in [6.45, 7) is 10.7. The van der Waals surface area contributed by atoms with Gasteiger partial charge in [0.05, 0.1) is 10.5 Å². The molecule has 0 radical (unpaired) electrons. The summed E-state index contributed by atoms with van der Waals surface area (Å²) in [7, 11) is 0.850. The van der Waals surface area contributed by atoms with Gasteiger partial charge in [0.25, 0.3) is 0 Å². The Bertz CT molecular complexity index is 488. The molecule has 1 fully saturated rings. The number of hydrogen-bond acceptors (Lipinski definition) is 4. The molecule has 0 aromatic rings. The lowest BCUT2D eigenvalue weighted by Gasteiger charge is -2.39. The van der Waals surface area contributed by atoms with Gasteiger partial charge in [0.2, 0.25) is 0 Å². The largest absolute Gasteiger partial charge is 0.355 e. The molecule has 7 heteroatoms. The van der Waals surface area contributed by atoms with Gasteiger partial charge in [-0.3, -0.25) is 4.99 Å². The van der Waals surface area contributed by atoms with Crippen molar-refractivity contribution in [1.29, 1.82) is 0 Å². The first-order valence-electron chi connectivity index (χ1n) is 8.02. The molecule has 1 aliphatic rings. The highest BCUT2D eigenvalue weighted by atomic mass is 32.2. The summed E-state index contributed by atoms with van der Waals surface area (Å²) in [6.07, 6.45) is 1.13. The predicted octanol–water partition coefficient (Wildman–Crippen LogP) is 0.801. The summed E-state index contributed by atoms with van der Waals surface area (Å²) in [4.78, 5) is 8.66. The van der Waals surface area contributed by atoms with Gasteiger partial charge in [-0.2, -0.15) is 0 Å². The van der Waals surface area contributed by atoms with Crippen molar-refractivity contribution in [3.8, 4) is 0 Å². The number of hydrogen-bond donors (Lipinski definition) is 1. The number of nitrogens with one attached hydrogen (secondary N) is 1. The number of nitrogens with zero attached hydrogens (tertiary/aromatic N) is 3. The minimum atomic E-state index is -3.02. The quantitative estimate of drug-likeness (QED) is 0.596. The van der Waals surface area contributed by atoms with Crippen molar-refractivity contribution in [1.82, 2.24) is 15.1 Å². The van der Waals surface area contributed by atoms with Crippen LogP contribution in [0.2, 0.25) is 0 Å². The van der Waals surface area contributed by atoms with Gasteiger partial charge in [0.1, 0.15) is 0 Å². The number of guanidine groups is 1.